The Labute approximate surface area is 171 Å². The highest BCUT2D eigenvalue weighted by atomic mass is 16.6. The second-order valence-corrected chi connectivity index (χ2v) is 7.15. The first-order chi connectivity index (χ1) is 13.9. The van der Waals surface area contributed by atoms with Crippen LogP contribution in [0.25, 0.3) is 6.08 Å². The Morgan fingerprint density at radius 3 is 2.59 bits per heavy atom. The molecular weight excluding hydrogens is 370 g/mol. The molecular formula is C23H27NO5. The van der Waals surface area contributed by atoms with Crippen LogP contribution in [0.4, 0.5) is 0 Å². The minimum atomic E-state index is -0.576. The molecule has 0 atom stereocenters. The highest BCUT2D eigenvalue weighted by Crippen LogP contribution is 2.34. The zero-order valence-corrected chi connectivity index (χ0v) is 17.3. The van der Waals surface area contributed by atoms with Crippen molar-refractivity contribution in [1.82, 2.24) is 5.32 Å². The van der Waals surface area contributed by atoms with Gasteiger partial charge in [-0.2, -0.15) is 0 Å². The molecule has 0 fully saturated rings. The second-order valence-electron chi connectivity index (χ2n) is 7.15. The van der Waals surface area contributed by atoms with Crippen LogP contribution in [0.15, 0.2) is 42.5 Å². The number of hydrogen-bond donors (Lipinski definition) is 1. The number of carbonyl (C=O) groups excluding carboxylic acids is 1. The molecule has 1 N–H and O–H groups in total. The summed E-state index contributed by atoms with van der Waals surface area (Å²) in [5, 5.41) is 3.03. The van der Waals surface area contributed by atoms with Gasteiger partial charge in [0, 0.05) is 6.08 Å². The third-order valence-corrected chi connectivity index (χ3v) is 4.61. The van der Waals surface area contributed by atoms with Crippen LogP contribution in [0.3, 0.4) is 0 Å². The van der Waals surface area contributed by atoms with E-state index in [0.29, 0.717) is 37.1 Å². The van der Waals surface area contributed by atoms with Crippen LogP contribution in [0, 0.1) is 0 Å². The van der Waals surface area contributed by atoms with E-state index < -0.39 is 5.54 Å². The van der Waals surface area contributed by atoms with Gasteiger partial charge in [0.1, 0.15) is 13.2 Å². The molecule has 0 saturated heterocycles. The largest absolute Gasteiger partial charge is 0.493 e. The Balaban J connectivity index is 1.70. The van der Waals surface area contributed by atoms with Gasteiger partial charge < -0.3 is 24.3 Å². The summed E-state index contributed by atoms with van der Waals surface area (Å²) in [5.74, 6) is 2.54. The predicted octanol–water partition coefficient (Wildman–Crippen LogP) is 3.93. The van der Waals surface area contributed by atoms with Gasteiger partial charge in [-0.25, -0.2) is 0 Å². The van der Waals surface area contributed by atoms with Crippen molar-refractivity contribution < 1.29 is 23.7 Å². The molecule has 3 rings (SSSR count). The quantitative estimate of drug-likeness (QED) is 0.717. The number of carbonyl (C=O) groups is 1. The standard InChI is InChI=1S/C23H27NO5/c1-5-27-20-14-16(6-9-18(20)26-4)7-11-22(25)24-23(2,3)17-8-10-19-21(15-17)29-13-12-28-19/h6-11,14-15H,5,12-13H2,1-4H3,(H,24,25)/b11-7+. The van der Waals surface area contributed by atoms with Gasteiger partial charge >= 0.3 is 0 Å². The van der Waals surface area contributed by atoms with Gasteiger partial charge in [0.2, 0.25) is 5.91 Å². The van der Waals surface area contributed by atoms with E-state index >= 15 is 0 Å². The Kier molecular flexibility index (Phi) is 6.32. The van der Waals surface area contributed by atoms with Crippen LogP contribution in [-0.4, -0.2) is 32.8 Å². The number of hydrogen-bond acceptors (Lipinski definition) is 5. The molecule has 0 spiro atoms. The summed E-state index contributed by atoms with van der Waals surface area (Å²) in [6.45, 7) is 7.42. The molecule has 0 radical (unpaired) electrons. The molecule has 0 aromatic heterocycles. The Morgan fingerprint density at radius 1 is 1.10 bits per heavy atom. The van der Waals surface area contributed by atoms with Crippen LogP contribution < -0.4 is 24.3 Å². The lowest BCUT2D eigenvalue weighted by Gasteiger charge is -2.28. The number of nitrogens with one attached hydrogen (secondary N) is 1. The van der Waals surface area contributed by atoms with Gasteiger partial charge in [0.15, 0.2) is 23.0 Å². The highest BCUT2D eigenvalue weighted by Gasteiger charge is 2.24. The van der Waals surface area contributed by atoms with Crippen molar-refractivity contribution in [2.45, 2.75) is 26.3 Å². The summed E-state index contributed by atoms with van der Waals surface area (Å²) >= 11 is 0. The summed E-state index contributed by atoms with van der Waals surface area (Å²) in [4.78, 5) is 12.5. The number of ether oxygens (including phenoxy) is 4. The summed E-state index contributed by atoms with van der Waals surface area (Å²) in [6.07, 6.45) is 3.26. The molecule has 0 bridgehead atoms. The molecule has 6 nitrogen and oxygen atoms in total. The highest BCUT2D eigenvalue weighted by molar-refractivity contribution is 5.92. The first-order valence-corrected chi connectivity index (χ1v) is 9.64. The van der Waals surface area contributed by atoms with E-state index in [0.717, 1.165) is 16.9 Å². The summed E-state index contributed by atoms with van der Waals surface area (Å²) in [7, 11) is 1.60. The van der Waals surface area contributed by atoms with Crippen molar-refractivity contribution in [3.63, 3.8) is 0 Å². The third-order valence-electron chi connectivity index (χ3n) is 4.61. The molecule has 1 amide bonds. The molecule has 0 saturated carbocycles. The average Bonchev–Trinajstić information content (AvgIpc) is 2.72. The zero-order valence-electron chi connectivity index (χ0n) is 17.3. The summed E-state index contributed by atoms with van der Waals surface area (Å²) in [6, 6.07) is 11.3. The SMILES string of the molecule is CCOc1cc(/C=C/C(=O)NC(C)(C)c2ccc3c(c2)OCCO3)ccc1OC. The Morgan fingerprint density at radius 2 is 1.86 bits per heavy atom. The van der Waals surface area contributed by atoms with Crippen molar-refractivity contribution in [3.8, 4) is 23.0 Å². The van der Waals surface area contributed by atoms with Crippen LogP contribution in [0.2, 0.25) is 0 Å². The van der Waals surface area contributed by atoms with Crippen LogP contribution in [0.1, 0.15) is 31.9 Å². The summed E-state index contributed by atoms with van der Waals surface area (Å²) < 4.78 is 22.1. The Hall–Kier alpha value is -3.15. The van der Waals surface area contributed by atoms with Gasteiger partial charge in [0.05, 0.1) is 19.3 Å². The molecule has 1 aliphatic heterocycles. The lowest BCUT2D eigenvalue weighted by Crippen LogP contribution is -2.40. The number of fused-ring (bicyclic) bond motifs is 1. The van der Waals surface area contributed by atoms with Gasteiger partial charge in [-0.05, 0) is 62.2 Å². The zero-order chi connectivity index (χ0) is 20.9. The number of methoxy groups -OCH3 is 1. The molecule has 29 heavy (non-hydrogen) atoms. The number of benzene rings is 2. The Bertz CT molecular complexity index is 904. The van der Waals surface area contributed by atoms with Gasteiger partial charge in [-0.3, -0.25) is 4.79 Å². The van der Waals surface area contributed by atoms with Crippen molar-refractivity contribution in [3.05, 3.63) is 53.6 Å². The molecule has 2 aromatic rings. The average molecular weight is 397 g/mol. The van der Waals surface area contributed by atoms with Crippen LogP contribution >= 0.6 is 0 Å². The second kappa shape index (κ2) is 8.90. The molecule has 0 aliphatic carbocycles. The lowest BCUT2D eigenvalue weighted by atomic mass is 9.93. The topological polar surface area (TPSA) is 66.0 Å². The summed E-state index contributed by atoms with van der Waals surface area (Å²) in [5.41, 5.74) is 1.21. The molecule has 6 heteroatoms. The molecule has 1 aliphatic rings. The maximum atomic E-state index is 12.5. The molecule has 2 aromatic carbocycles. The number of amides is 1. The molecule has 1 heterocycles. The van der Waals surface area contributed by atoms with E-state index in [1.807, 2.05) is 57.2 Å². The van der Waals surface area contributed by atoms with Gasteiger partial charge in [-0.15, -0.1) is 0 Å². The van der Waals surface area contributed by atoms with Gasteiger partial charge in [-0.1, -0.05) is 12.1 Å². The van der Waals surface area contributed by atoms with E-state index in [9.17, 15) is 4.79 Å². The van der Waals surface area contributed by atoms with Gasteiger partial charge in [0.25, 0.3) is 0 Å². The van der Waals surface area contributed by atoms with E-state index in [-0.39, 0.29) is 5.91 Å². The number of rotatable bonds is 7. The van der Waals surface area contributed by atoms with Crippen molar-refractivity contribution in [2.24, 2.45) is 0 Å². The van der Waals surface area contributed by atoms with E-state index in [2.05, 4.69) is 5.32 Å². The third kappa shape index (κ3) is 5.02. The first-order valence-electron chi connectivity index (χ1n) is 9.64. The first kappa shape index (κ1) is 20.6. The maximum absolute atomic E-state index is 12.5. The minimum absolute atomic E-state index is 0.196. The minimum Gasteiger partial charge on any atom is -0.493 e. The van der Waals surface area contributed by atoms with Crippen molar-refractivity contribution >= 4 is 12.0 Å². The van der Waals surface area contributed by atoms with E-state index in [4.69, 9.17) is 18.9 Å². The van der Waals surface area contributed by atoms with Crippen molar-refractivity contribution in [2.75, 3.05) is 26.9 Å². The fraction of sp³-hybridized carbons (Fsp3) is 0.348. The maximum Gasteiger partial charge on any atom is 0.244 e. The normalized spacial score (nSPS) is 13.2. The van der Waals surface area contributed by atoms with E-state index in [1.54, 1.807) is 13.2 Å². The van der Waals surface area contributed by atoms with Crippen LogP contribution in [0.5, 0.6) is 23.0 Å². The predicted molar refractivity (Wildman–Crippen MR) is 112 cm³/mol. The molecule has 0 unspecified atom stereocenters. The molecule has 154 valence electrons. The fourth-order valence-electron chi connectivity index (χ4n) is 3.09. The van der Waals surface area contributed by atoms with Crippen LogP contribution in [-0.2, 0) is 10.3 Å². The van der Waals surface area contributed by atoms with Crippen molar-refractivity contribution in [1.29, 1.82) is 0 Å². The lowest BCUT2D eigenvalue weighted by molar-refractivity contribution is -0.118. The fourth-order valence-corrected chi connectivity index (χ4v) is 3.09. The van der Waals surface area contributed by atoms with E-state index in [1.165, 1.54) is 6.08 Å². The monoisotopic (exact) mass is 397 g/mol. The smallest absolute Gasteiger partial charge is 0.244 e.